The van der Waals surface area contributed by atoms with Gasteiger partial charge in [-0.3, -0.25) is 9.59 Å². The number of benzene rings is 1. The molecule has 144 valence electrons. The van der Waals surface area contributed by atoms with Crippen molar-refractivity contribution < 1.29 is 9.59 Å². The van der Waals surface area contributed by atoms with Crippen molar-refractivity contribution in [2.45, 2.75) is 50.7 Å². The number of rotatable bonds is 6. The van der Waals surface area contributed by atoms with Crippen LogP contribution in [0.15, 0.2) is 30.5 Å². The summed E-state index contributed by atoms with van der Waals surface area (Å²) in [5.41, 5.74) is 2.02. The highest BCUT2D eigenvalue weighted by atomic mass is 16.2. The maximum atomic E-state index is 12.5. The highest BCUT2D eigenvalue weighted by molar-refractivity contribution is 5.91. The van der Waals surface area contributed by atoms with Gasteiger partial charge in [0.25, 0.3) is 0 Å². The minimum Gasteiger partial charge on any atom is -0.339 e. The van der Waals surface area contributed by atoms with Gasteiger partial charge in [-0.15, -0.1) is 5.10 Å². The van der Waals surface area contributed by atoms with Crippen LogP contribution in [-0.2, 0) is 11.2 Å². The molecule has 1 saturated heterocycles. The van der Waals surface area contributed by atoms with Gasteiger partial charge in [-0.25, -0.2) is 4.68 Å². The number of Topliss-reactive ketones (excluding diaryl/α,β-unsaturated/α-hetero) is 1. The Balaban J connectivity index is 1.37. The largest absolute Gasteiger partial charge is 0.339 e. The van der Waals surface area contributed by atoms with Crippen LogP contribution in [0.25, 0.3) is 5.69 Å². The van der Waals surface area contributed by atoms with E-state index in [4.69, 9.17) is 0 Å². The van der Waals surface area contributed by atoms with Crippen LogP contribution in [0.4, 0.5) is 0 Å². The minimum atomic E-state index is -0.574. The Morgan fingerprint density at radius 2 is 2.14 bits per heavy atom. The van der Waals surface area contributed by atoms with Crippen LogP contribution in [0.5, 0.6) is 0 Å². The van der Waals surface area contributed by atoms with Crippen LogP contribution < -0.4 is 10.6 Å². The zero-order valence-corrected chi connectivity index (χ0v) is 15.6. The van der Waals surface area contributed by atoms with Crippen molar-refractivity contribution >= 4 is 11.7 Å². The zero-order chi connectivity index (χ0) is 19.7. The maximum absolute atomic E-state index is 12.5. The van der Waals surface area contributed by atoms with Crippen LogP contribution in [0.3, 0.4) is 0 Å². The average molecular weight is 378 g/mol. The monoisotopic (exact) mass is 378 g/mol. The molecular weight excluding hydrogens is 356 g/mol. The van der Waals surface area contributed by atoms with Crippen molar-refractivity contribution in [3.8, 4) is 11.8 Å². The number of amides is 1. The third-order valence-corrected chi connectivity index (χ3v) is 5.61. The summed E-state index contributed by atoms with van der Waals surface area (Å²) in [5.74, 6) is 0.182. The van der Waals surface area contributed by atoms with Crippen molar-refractivity contribution in [2.24, 2.45) is 5.92 Å². The van der Waals surface area contributed by atoms with Gasteiger partial charge in [0, 0.05) is 19.4 Å². The van der Waals surface area contributed by atoms with E-state index in [1.807, 2.05) is 24.3 Å². The van der Waals surface area contributed by atoms with Gasteiger partial charge in [0.05, 0.1) is 24.0 Å². The lowest BCUT2D eigenvalue weighted by molar-refractivity contribution is -0.124. The predicted molar refractivity (Wildman–Crippen MR) is 101 cm³/mol. The smallest absolute Gasteiger partial charge is 0.238 e. The molecule has 0 radical (unpaired) electrons. The summed E-state index contributed by atoms with van der Waals surface area (Å²) < 4.78 is 1.53. The highest BCUT2D eigenvalue weighted by Gasteiger charge is 2.43. The number of hydrogen-bond donors (Lipinski definition) is 2. The van der Waals surface area contributed by atoms with Crippen LogP contribution in [-0.4, -0.2) is 44.8 Å². The molecule has 1 amide bonds. The number of aromatic nitrogens is 3. The van der Waals surface area contributed by atoms with Crippen molar-refractivity contribution in [1.29, 1.82) is 5.26 Å². The molecule has 8 heteroatoms. The predicted octanol–water partition coefficient (Wildman–Crippen LogP) is 1.16. The Morgan fingerprint density at radius 3 is 2.71 bits per heavy atom. The SMILES string of the molecule is CC(=O)c1cn(-c2ccc(CC(C#N)NC(=O)C3NC4CCC3C4)cc2)nn1. The summed E-state index contributed by atoms with van der Waals surface area (Å²) in [5, 5.41) is 23.5. The van der Waals surface area contributed by atoms with E-state index >= 15 is 0 Å². The van der Waals surface area contributed by atoms with E-state index in [0.717, 1.165) is 30.5 Å². The molecule has 2 N–H and O–H groups in total. The minimum absolute atomic E-state index is 0.0743. The number of nitrogens with zero attached hydrogens (tertiary/aromatic N) is 4. The van der Waals surface area contributed by atoms with E-state index < -0.39 is 6.04 Å². The van der Waals surface area contributed by atoms with E-state index in [2.05, 4.69) is 27.0 Å². The van der Waals surface area contributed by atoms with Gasteiger partial charge in [-0.2, -0.15) is 5.26 Å². The quantitative estimate of drug-likeness (QED) is 0.730. The number of carbonyl (C=O) groups excluding carboxylic acids is 2. The molecule has 2 fully saturated rings. The number of carbonyl (C=O) groups is 2. The Kier molecular flexibility index (Phi) is 4.92. The summed E-state index contributed by atoms with van der Waals surface area (Å²) in [6.45, 7) is 1.44. The number of ketones is 1. The van der Waals surface area contributed by atoms with Crippen molar-refractivity contribution in [3.63, 3.8) is 0 Å². The van der Waals surface area contributed by atoms with Crippen molar-refractivity contribution in [3.05, 3.63) is 41.7 Å². The van der Waals surface area contributed by atoms with E-state index in [1.165, 1.54) is 11.6 Å². The topological polar surface area (TPSA) is 113 Å². The first kappa shape index (κ1) is 18.3. The molecule has 28 heavy (non-hydrogen) atoms. The van der Waals surface area contributed by atoms with Crippen molar-refractivity contribution in [1.82, 2.24) is 25.6 Å². The molecule has 2 bridgehead atoms. The summed E-state index contributed by atoms with van der Waals surface area (Å²) in [7, 11) is 0. The normalized spacial score (nSPS) is 23.9. The fourth-order valence-corrected chi connectivity index (χ4v) is 4.11. The molecule has 4 atom stereocenters. The molecule has 1 aromatic carbocycles. The molecule has 2 aromatic rings. The molecule has 1 aromatic heterocycles. The van der Waals surface area contributed by atoms with Gasteiger partial charge < -0.3 is 10.6 Å². The summed E-state index contributed by atoms with van der Waals surface area (Å²) in [6.07, 6.45) is 5.30. The average Bonchev–Trinajstić information content (AvgIpc) is 3.44. The van der Waals surface area contributed by atoms with E-state index in [0.29, 0.717) is 24.1 Å². The lowest BCUT2D eigenvalue weighted by Crippen LogP contribution is -2.50. The Morgan fingerprint density at radius 1 is 1.36 bits per heavy atom. The molecule has 1 saturated carbocycles. The second kappa shape index (κ2) is 7.52. The fourth-order valence-electron chi connectivity index (χ4n) is 4.11. The number of fused-ring (bicyclic) bond motifs is 2. The Bertz CT molecular complexity index is 929. The maximum Gasteiger partial charge on any atom is 0.238 e. The molecule has 4 unspecified atom stereocenters. The standard InChI is InChI=1S/C20H22N6O2/c1-12(27)18-11-26(25-24-18)17-6-2-13(3-7-17)8-16(10-21)23-20(28)19-14-4-5-15(9-14)22-19/h2-3,6-7,11,14-16,19,22H,4-5,8-9H2,1H3,(H,23,28). The second-order valence-electron chi connectivity index (χ2n) is 7.58. The van der Waals surface area contributed by atoms with Crippen LogP contribution in [0.2, 0.25) is 0 Å². The zero-order valence-electron chi connectivity index (χ0n) is 15.6. The van der Waals surface area contributed by atoms with E-state index in [9.17, 15) is 14.9 Å². The Labute approximate surface area is 162 Å². The number of nitrogens with one attached hydrogen (secondary N) is 2. The third kappa shape index (κ3) is 3.66. The summed E-state index contributed by atoms with van der Waals surface area (Å²) >= 11 is 0. The molecule has 8 nitrogen and oxygen atoms in total. The number of piperidine rings is 1. The molecule has 4 rings (SSSR count). The second-order valence-corrected chi connectivity index (χ2v) is 7.58. The fraction of sp³-hybridized carbons (Fsp3) is 0.450. The van der Waals surface area contributed by atoms with Crippen LogP contribution >= 0.6 is 0 Å². The van der Waals surface area contributed by atoms with E-state index in [1.54, 1.807) is 6.20 Å². The molecule has 0 spiro atoms. The van der Waals surface area contributed by atoms with Gasteiger partial charge in [0.15, 0.2) is 5.78 Å². The summed E-state index contributed by atoms with van der Waals surface area (Å²) in [4.78, 5) is 23.9. The number of nitriles is 1. The first-order valence-corrected chi connectivity index (χ1v) is 9.52. The first-order chi connectivity index (χ1) is 13.5. The third-order valence-electron chi connectivity index (χ3n) is 5.61. The van der Waals surface area contributed by atoms with Gasteiger partial charge in [0.1, 0.15) is 11.7 Å². The van der Waals surface area contributed by atoms with Gasteiger partial charge in [-0.1, -0.05) is 17.3 Å². The molecule has 1 aliphatic heterocycles. The molecule has 2 heterocycles. The molecular formula is C20H22N6O2. The van der Waals surface area contributed by atoms with Crippen LogP contribution in [0.1, 0.15) is 42.2 Å². The van der Waals surface area contributed by atoms with Crippen molar-refractivity contribution in [2.75, 3.05) is 0 Å². The highest BCUT2D eigenvalue weighted by Crippen LogP contribution is 2.35. The lowest BCUT2D eigenvalue weighted by atomic mass is 9.98. The van der Waals surface area contributed by atoms with Crippen LogP contribution in [0, 0.1) is 17.2 Å². The van der Waals surface area contributed by atoms with Gasteiger partial charge >= 0.3 is 0 Å². The number of hydrogen-bond acceptors (Lipinski definition) is 6. The molecule has 2 aliphatic rings. The summed E-state index contributed by atoms with van der Waals surface area (Å²) in [6, 6.07) is 9.37. The molecule has 1 aliphatic carbocycles. The lowest BCUT2D eigenvalue weighted by Gasteiger charge is -2.23. The first-order valence-electron chi connectivity index (χ1n) is 9.52. The van der Waals surface area contributed by atoms with E-state index in [-0.39, 0.29) is 17.7 Å². The van der Waals surface area contributed by atoms with Gasteiger partial charge in [0.2, 0.25) is 5.91 Å². The Hall–Kier alpha value is -3.05. The van der Waals surface area contributed by atoms with Gasteiger partial charge in [-0.05, 0) is 42.9 Å².